The predicted octanol–water partition coefficient (Wildman–Crippen LogP) is 3.28. The molecule has 0 unspecified atom stereocenters. The molecule has 160 valence electrons. The van der Waals surface area contributed by atoms with E-state index in [9.17, 15) is 8.42 Å². The Hall–Kier alpha value is -2.15. The average molecular weight is 426 g/mol. The van der Waals surface area contributed by atoms with Crippen molar-refractivity contribution >= 4 is 16.8 Å². The van der Waals surface area contributed by atoms with Crippen LogP contribution in [0, 0.1) is 0 Å². The fourth-order valence-corrected chi connectivity index (χ4v) is 5.05. The number of benzene rings is 2. The van der Waals surface area contributed by atoms with E-state index in [2.05, 4.69) is 71.9 Å². The maximum atomic E-state index is 11.0. The Bertz CT molecular complexity index is 970. The molecule has 4 rings (SSSR count). The van der Waals surface area contributed by atoms with Gasteiger partial charge in [-0.2, -0.15) is 0 Å². The fourth-order valence-electron chi connectivity index (χ4n) is 4.44. The number of thiol groups is 1. The zero-order valence-corrected chi connectivity index (χ0v) is 18.5. The van der Waals surface area contributed by atoms with Crippen LogP contribution in [-0.2, 0) is 23.8 Å². The zero-order valence-electron chi connectivity index (χ0n) is 17.6. The van der Waals surface area contributed by atoms with Crippen molar-refractivity contribution in [1.29, 1.82) is 0 Å². The Morgan fingerprint density at radius 2 is 1.87 bits per heavy atom. The standard InChI is InChI=1S/C24H31N3O2S/c1-2-25-16-19-4-3-5-20(14-19)21-6-7-23-17-27(13-8-22(23)15-21)24-9-11-26(12-10-24)18-30(28)29/h3-8,13-15,24-25,30H,2,9-12,16-18H2,1H3. The quantitative estimate of drug-likeness (QED) is 0.667. The molecule has 0 atom stereocenters. The second kappa shape index (κ2) is 9.77. The van der Waals surface area contributed by atoms with Gasteiger partial charge in [0, 0.05) is 38.4 Å². The van der Waals surface area contributed by atoms with E-state index in [1.54, 1.807) is 0 Å². The topological polar surface area (TPSA) is 52.6 Å². The summed E-state index contributed by atoms with van der Waals surface area (Å²) in [6, 6.07) is 16.0. The van der Waals surface area contributed by atoms with Gasteiger partial charge in [0.25, 0.3) is 0 Å². The van der Waals surface area contributed by atoms with E-state index < -0.39 is 10.7 Å². The van der Waals surface area contributed by atoms with Gasteiger partial charge >= 0.3 is 0 Å². The second-order valence-corrected chi connectivity index (χ2v) is 9.15. The van der Waals surface area contributed by atoms with Gasteiger partial charge in [0.15, 0.2) is 10.7 Å². The van der Waals surface area contributed by atoms with Crippen LogP contribution in [0.25, 0.3) is 17.2 Å². The molecule has 0 bridgehead atoms. The summed E-state index contributed by atoms with van der Waals surface area (Å²) in [6.45, 7) is 6.63. The first-order valence-corrected chi connectivity index (χ1v) is 12.2. The molecule has 2 aliphatic heterocycles. The molecule has 2 aromatic rings. The normalized spacial score (nSPS) is 17.5. The molecule has 0 radical (unpaired) electrons. The molecule has 30 heavy (non-hydrogen) atoms. The third-order valence-electron chi connectivity index (χ3n) is 6.13. The molecule has 1 fully saturated rings. The molecule has 2 heterocycles. The van der Waals surface area contributed by atoms with Gasteiger partial charge in [-0.15, -0.1) is 0 Å². The summed E-state index contributed by atoms with van der Waals surface area (Å²) in [6.07, 6.45) is 6.48. The van der Waals surface area contributed by atoms with Crippen LogP contribution in [0.3, 0.4) is 0 Å². The van der Waals surface area contributed by atoms with Crippen molar-refractivity contribution in [2.24, 2.45) is 0 Å². The molecule has 0 saturated carbocycles. The molecule has 5 nitrogen and oxygen atoms in total. The molecule has 6 heteroatoms. The summed E-state index contributed by atoms with van der Waals surface area (Å²) < 4.78 is 21.9. The minimum Gasteiger partial charge on any atom is -0.370 e. The number of rotatable bonds is 7. The molecule has 2 aliphatic rings. The lowest BCUT2D eigenvalue weighted by molar-refractivity contribution is 0.150. The lowest BCUT2D eigenvalue weighted by atomic mass is 9.95. The van der Waals surface area contributed by atoms with Crippen LogP contribution < -0.4 is 5.32 Å². The summed E-state index contributed by atoms with van der Waals surface area (Å²) in [4.78, 5) is 4.47. The Kier molecular flexibility index (Phi) is 6.87. The van der Waals surface area contributed by atoms with Crippen LogP contribution >= 0.6 is 0 Å². The summed E-state index contributed by atoms with van der Waals surface area (Å²) in [7, 11) is -2.32. The second-order valence-electron chi connectivity index (χ2n) is 8.21. The number of likely N-dealkylation sites (tertiary alicyclic amines) is 1. The van der Waals surface area contributed by atoms with E-state index >= 15 is 0 Å². The van der Waals surface area contributed by atoms with Crippen molar-refractivity contribution in [3.05, 3.63) is 65.4 Å². The summed E-state index contributed by atoms with van der Waals surface area (Å²) >= 11 is 0. The molecule has 1 saturated heterocycles. The minimum absolute atomic E-state index is 0.194. The van der Waals surface area contributed by atoms with Gasteiger partial charge in [-0.3, -0.25) is 4.90 Å². The highest BCUT2D eigenvalue weighted by Gasteiger charge is 2.25. The highest BCUT2D eigenvalue weighted by Crippen LogP contribution is 2.29. The maximum Gasteiger partial charge on any atom is 0.153 e. The highest BCUT2D eigenvalue weighted by molar-refractivity contribution is 7.72. The summed E-state index contributed by atoms with van der Waals surface area (Å²) in [5, 5.41) is 3.39. The third kappa shape index (κ3) is 5.12. The summed E-state index contributed by atoms with van der Waals surface area (Å²) in [5.74, 6) is 0.194. The van der Waals surface area contributed by atoms with Crippen molar-refractivity contribution in [3.63, 3.8) is 0 Å². The largest absolute Gasteiger partial charge is 0.370 e. The van der Waals surface area contributed by atoms with E-state index in [-0.39, 0.29) is 5.88 Å². The fraction of sp³-hybridized carbons (Fsp3) is 0.417. The van der Waals surface area contributed by atoms with Crippen LogP contribution in [-0.4, -0.2) is 49.8 Å². The number of hydrogen-bond acceptors (Lipinski definition) is 5. The molecular formula is C24H31N3O2S. The smallest absolute Gasteiger partial charge is 0.153 e. The Morgan fingerprint density at radius 1 is 1.07 bits per heavy atom. The average Bonchev–Trinajstić information content (AvgIpc) is 2.77. The van der Waals surface area contributed by atoms with E-state index in [4.69, 9.17) is 0 Å². The van der Waals surface area contributed by atoms with E-state index in [0.717, 1.165) is 45.6 Å². The van der Waals surface area contributed by atoms with E-state index in [1.807, 2.05) is 4.90 Å². The van der Waals surface area contributed by atoms with Gasteiger partial charge < -0.3 is 10.2 Å². The SMILES string of the molecule is CCNCc1cccc(-c2ccc3c(c2)C=CN(C2CCN(C[SH](=O)=O)CC2)C3)c1. The molecule has 2 aromatic carbocycles. The zero-order chi connectivity index (χ0) is 20.9. The molecule has 0 aliphatic carbocycles. The van der Waals surface area contributed by atoms with Crippen LogP contribution in [0.2, 0.25) is 0 Å². The molecular weight excluding hydrogens is 394 g/mol. The monoisotopic (exact) mass is 425 g/mol. The Labute approximate surface area is 181 Å². The first-order valence-electron chi connectivity index (χ1n) is 10.8. The van der Waals surface area contributed by atoms with Gasteiger partial charge in [-0.1, -0.05) is 37.3 Å². The van der Waals surface area contributed by atoms with Crippen molar-refractivity contribution in [1.82, 2.24) is 15.1 Å². The van der Waals surface area contributed by atoms with Crippen LogP contribution in [0.5, 0.6) is 0 Å². The molecule has 0 amide bonds. The van der Waals surface area contributed by atoms with Crippen molar-refractivity contribution < 1.29 is 8.42 Å². The highest BCUT2D eigenvalue weighted by atomic mass is 32.2. The molecule has 0 spiro atoms. The molecule has 1 N–H and O–H groups in total. The van der Waals surface area contributed by atoms with Gasteiger partial charge in [0.2, 0.25) is 0 Å². The van der Waals surface area contributed by atoms with Gasteiger partial charge in [0.1, 0.15) is 0 Å². The number of fused-ring (bicyclic) bond motifs is 1. The van der Waals surface area contributed by atoms with E-state index in [1.165, 1.54) is 27.8 Å². The lowest BCUT2D eigenvalue weighted by Crippen LogP contribution is -2.43. The van der Waals surface area contributed by atoms with Crippen molar-refractivity contribution in [3.8, 4) is 11.1 Å². The number of nitrogens with zero attached hydrogens (tertiary/aromatic N) is 2. The Morgan fingerprint density at radius 3 is 2.63 bits per heavy atom. The lowest BCUT2D eigenvalue weighted by Gasteiger charge is -2.39. The number of nitrogens with one attached hydrogen (secondary N) is 1. The predicted molar refractivity (Wildman–Crippen MR) is 124 cm³/mol. The number of hydrogen-bond donors (Lipinski definition) is 2. The van der Waals surface area contributed by atoms with Crippen LogP contribution in [0.4, 0.5) is 0 Å². The van der Waals surface area contributed by atoms with Crippen molar-refractivity contribution in [2.45, 2.75) is 38.9 Å². The first-order chi connectivity index (χ1) is 14.6. The Balaban J connectivity index is 1.43. The number of piperidine rings is 1. The first kappa shape index (κ1) is 21.1. The van der Waals surface area contributed by atoms with Crippen LogP contribution in [0.1, 0.15) is 36.5 Å². The summed E-state index contributed by atoms with van der Waals surface area (Å²) in [5.41, 5.74) is 6.47. The molecule has 0 aromatic heterocycles. The van der Waals surface area contributed by atoms with Gasteiger partial charge in [0.05, 0.1) is 5.88 Å². The minimum atomic E-state index is -2.32. The van der Waals surface area contributed by atoms with Crippen LogP contribution in [0.15, 0.2) is 48.7 Å². The van der Waals surface area contributed by atoms with Crippen molar-refractivity contribution in [2.75, 3.05) is 25.5 Å². The maximum absolute atomic E-state index is 11.0. The van der Waals surface area contributed by atoms with Gasteiger partial charge in [-0.25, -0.2) is 8.42 Å². The van der Waals surface area contributed by atoms with Gasteiger partial charge in [-0.05, 0) is 65.4 Å². The third-order valence-corrected chi connectivity index (χ3v) is 6.76. The van der Waals surface area contributed by atoms with E-state index in [0.29, 0.717) is 6.04 Å².